The third kappa shape index (κ3) is 2.76. The van der Waals surface area contributed by atoms with Crippen LogP contribution in [0.2, 0.25) is 0 Å². The molecule has 1 saturated carbocycles. The number of anilines is 1. The number of aryl methyl sites for hydroxylation is 3. The molecule has 1 aliphatic carbocycles. The third-order valence-electron chi connectivity index (χ3n) is 12.7. The monoisotopic (exact) mass is 565 g/mol. The standard InChI is InChI=1S/C38H36N4O/c1-2-22-19-40-14-11-25-24-7-3-5-9-30(24)39-35(25)32(40)17-26(22)28-21-42-31-10-6-4-8-29(31)38-13-15-41-20-23-12-16-43-36(28)34(37(38)42)27(23)18-33(38)41/h3-10,12,17,19,21,27,33-34,36-37H,2,11,13-16,18,20H2,1H3/p+1/t27-,33-,34-,36-,37-,38+/m0/s1. The van der Waals surface area contributed by atoms with Crippen LogP contribution in [0, 0.1) is 11.8 Å². The lowest BCUT2D eigenvalue weighted by molar-refractivity contribution is -0.688. The first-order chi connectivity index (χ1) is 21.2. The number of hydrogen-bond donors (Lipinski definition) is 1. The normalized spacial score (nSPS) is 32.6. The van der Waals surface area contributed by atoms with Crippen molar-refractivity contribution in [2.75, 3.05) is 24.6 Å². The van der Waals surface area contributed by atoms with E-state index in [1.807, 2.05) is 0 Å². The second kappa shape index (κ2) is 8.08. The molecule has 0 amide bonds. The molecule has 6 aliphatic heterocycles. The number of ether oxygens (including phenoxy) is 1. The minimum atomic E-state index is 0.110. The summed E-state index contributed by atoms with van der Waals surface area (Å²) in [5, 5.41) is 1.37. The van der Waals surface area contributed by atoms with Crippen LogP contribution in [0.3, 0.4) is 0 Å². The Balaban J connectivity index is 1.16. The molecule has 1 spiro atoms. The molecule has 6 atom stereocenters. The predicted molar refractivity (Wildman–Crippen MR) is 169 cm³/mol. The molecule has 2 bridgehead atoms. The Labute approximate surface area is 252 Å². The van der Waals surface area contributed by atoms with Crippen LogP contribution in [0.15, 0.2) is 78.6 Å². The first kappa shape index (κ1) is 23.7. The van der Waals surface area contributed by atoms with Gasteiger partial charge in [0, 0.05) is 70.3 Å². The van der Waals surface area contributed by atoms with Gasteiger partial charge < -0.3 is 14.6 Å². The van der Waals surface area contributed by atoms with Crippen molar-refractivity contribution in [2.24, 2.45) is 11.8 Å². The Morgan fingerprint density at radius 2 is 2.02 bits per heavy atom. The van der Waals surface area contributed by atoms with Gasteiger partial charge in [-0.25, -0.2) is 0 Å². The van der Waals surface area contributed by atoms with E-state index in [-0.39, 0.29) is 11.5 Å². The number of H-pyrrole nitrogens is 1. The van der Waals surface area contributed by atoms with Crippen LogP contribution in [0.5, 0.6) is 0 Å². The van der Waals surface area contributed by atoms with Crippen molar-refractivity contribution >= 4 is 22.2 Å². The molecule has 4 aromatic rings. The molecule has 2 saturated heterocycles. The molecule has 43 heavy (non-hydrogen) atoms. The van der Waals surface area contributed by atoms with Crippen molar-refractivity contribution in [3.63, 3.8) is 0 Å². The fraction of sp³-hybridized carbons (Fsp3) is 0.395. The molecule has 0 unspecified atom stereocenters. The molecule has 0 radical (unpaired) electrons. The fourth-order valence-electron chi connectivity index (χ4n) is 11.1. The van der Waals surface area contributed by atoms with Gasteiger partial charge in [-0.1, -0.05) is 55.0 Å². The lowest BCUT2D eigenvalue weighted by atomic mass is 9.53. The summed E-state index contributed by atoms with van der Waals surface area (Å²) in [4.78, 5) is 9.39. The van der Waals surface area contributed by atoms with Gasteiger partial charge in [0.15, 0.2) is 12.7 Å². The van der Waals surface area contributed by atoms with E-state index in [0.29, 0.717) is 23.9 Å². The summed E-state index contributed by atoms with van der Waals surface area (Å²) in [7, 11) is 0. The SMILES string of the molecule is CCc1c[n+]2c(cc1C1=CN3c4ccccc4[C@@]45CCN6CC7=CCO[C@@H]1[C@@H]([C@H]34)[C@H]7C[C@H]65)-c1[nH]c3ccccc3c1CC2. The van der Waals surface area contributed by atoms with Gasteiger partial charge in [-0.05, 0) is 60.5 Å². The van der Waals surface area contributed by atoms with Crippen molar-refractivity contribution in [3.05, 3.63) is 101 Å². The topological polar surface area (TPSA) is 35.4 Å². The van der Waals surface area contributed by atoms with E-state index in [0.717, 1.165) is 32.5 Å². The number of pyridine rings is 1. The Kier molecular flexibility index (Phi) is 4.46. The van der Waals surface area contributed by atoms with Crippen LogP contribution < -0.4 is 9.47 Å². The highest BCUT2D eigenvalue weighted by Gasteiger charge is 2.69. The number of nitrogens with zero attached hydrogens (tertiary/aromatic N) is 3. The number of benzene rings is 2. The molecule has 214 valence electrons. The summed E-state index contributed by atoms with van der Waals surface area (Å²) in [5.41, 5.74) is 14.4. The Morgan fingerprint density at radius 1 is 1.12 bits per heavy atom. The van der Waals surface area contributed by atoms with Crippen LogP contribution in [-0.4, -0.2) is 47.8 Å². The van der Waals surface area contributed by atoms with E-state index in [1.165, 1.54) is 69.6 Å². The van der Waals surface area contributed by atoms with Crippen molar-refractivity contribution in [3.8, 4) is 11.4 Å². The molecular weight excluding hydrogens is 528 g/mol. The van der Waals surface area contributed by atoms with Crippen LogP contribution in [-0.2, 0) is 29.5 Å². The van der Waals surface area contributed by atoms with E-state index in [1.54, 1.807) is 11.1 Å². The largest absolute Gasteiger partial charge is 0.369 e. The molecular formula is C38H37N4O+. The molecule has 5 nitrogen and oxygen atoms in total. The number of hydrogen-bond acceptors (Lipinski definition) is 3. The molecule has 1 N–H and O–H groups in total. The number of rotatable bonds is 2. The Bertz CT molecular complexity index is 1950. The van der Waals surface area contributed by atoms with Crippen LogP contribution in [0.4, 0.5) is 5.69 Å². The Morgan fingerprint density at radius 3 is 2.98 bits per heavy atom. The van der Waals surface area contributed by atoms with Crippen LogP contribution in [0.1, 0.15) is 42.0 Å². The van der Waals surface area contributed by atoms with Crippen molar-refractivity contribution in [1.29, 1.82) is 0 Å². The first-order valence-corrected chi connectivity index (χ1v) is 16.6. The van der Waals surface area contributed by atoms with E-state index in [2.05, 4.69) is 99.3 Å². The van der Waals surface area contributed by atoms with Gasteiger partial charge in [0.25, 0.3) is 0 Å². The first-order valence-electron chi connectivity index (χ1n) is 16.6. The lowest BCUT2D eigenvalue weighted by Crippen LogP contribution is -2.66. The zero-order valence-electron chi connectivity index (χ0n) is 24.7. The quantitative estimate of drug-likeness (QED) is 0.248. The number of fused-ring (bicyclic) bond motifs is 7. The van der Waals surface area contributed by atoms with E-state index < -0.39 is 0 Å². The number of nitrogens with one attached hydrogen (secondary N) is 1. The maximum Gasteiger partial charge on any atom is 0.229 e. The van der Waals surface area contributed by atoms with Crippen molar-refractivity contribution in [2.45, 2.75) is 62.8 Å². The van der Waals surface area contributed by atoms with Crippen LogP contribution >= 0.6 is 0 Å². The number of aromatic amines is 1. The molecule has 8 heterocycles. The lowest BCUT2D eigenvalue weighted by Gasteiger charge is -2.58. The van der Waals surface area contributed by atoms with Crippen molar-refractivity contribution in [1.82, 2.24) is 9.88 Å². The van der Waals surface area contributed by atoms with Crippen molar-refractivity contribution < 1.29 is 9.30 Å². The van der Waals surface area contributed by atoms with E-state index in [9.17, 15) is 0 Å². The van der Waals surface area contributed by atoms with Gasteiger partial charge in [0.05, 0.1) is 18.8 Å². The molecule has 2 aromatic heterocycles. The number of piperidine rings is 1. The summed E-state index contributed by atoms with van der Waals surface area (Å²) in [6, 6.07) is 21.8. The zero-order chi connectivity index (χ0) is 28.0. The fourth-order valence-corrected chi connectivity index (χ4v) is 11.1. The number of aromatic nitrogens is 2. The summed E-state index contributed by atoms with van der Waals surface area (Å²) < 4.78 is 9.54. The second-order valence-corrected chi connectivity index (χ2v) is 14.1. The van der Waals surface area contributed by atoms with Gasteiger partial charge in [-0.15, -0.1) is 0 Å². The molecule has 2 aromatic carbocycles. The summed E-state index contributed by atoms with van der Waals surface area (Å²) in [6.45, 7) is 6.43. The molecule has 3 fully saturated rings. The highest BCUT2D eigenvalue weighted by molar-refractivity contribution is 5.91. The van der Waals surface area contributed by atoms with Gasteiger partial charge in [-0.3, -0.25) is 4.90 Å². The van der Waals surface area contributed by atoms with Gasteiger partial charge in [-0.2, -0.15) is 4.57 Å². The van der Waals surface area contributed by atoms with E-state index in [4.69, 9.17) is 4.74 Å². The molecule has 7 aliphatic rings. The zero-order valence-corrected chi connectivity index (χ0v) is 24.7. The molecule has 5 heteroatoms. The number of para-hydroxylation sites is 2. The van der Waals surface area contributed by atoms with Crippen LogP contribution in [0.25, 0.3) is 27.9 Å². The average Bonchev–Trinajstić information content (AvgIpc) is 3.67. The summed E-state index contributed by atoms with van der Waals surface area (Å²) >= 11 is 0. The van der Waals surface area contributed by atoms with E-state index >= 15 is 0 Å². The minimum Gasteiger partial charge on any atom is -0.369 e. The molecule has 11 rings (SSSR count). The van der Waals surface area contributed by atoms with Gasteiger partial charge >= 0.3 is 0 Å². The predicted octanol–water partition coefficient (Wildman–Crippen LogP) is 5.77. The average molecular weight is 566 g/mol. The third-order valence-corrected chi connectivity index (χ3v) is 12.7. The Hall–Kier alpha value is -3.67. The second-order valence-electron chi connectivity index (χ2n) is 14.1. The summed E-state index contributed by atoms with van der Waals surface area (Å²) in [6.07, 6.45) is 12.2. The minimum absolute atomic E-state index is 0.110. The highest BCUT2D eigenvalue weighted by Crippen LogP contribution is 2.66. The van der Waals surface area contributed by atoms with Gasteiger partial charge in [0.2, 0.25) is 5.69 Å². The highest BCUT2D eigenvalue weighted by atomic mass is 16.5. The summed E-state index contributed by atoms with van der Waals surface area (Å²) in [5.74, 6) is 1.07. The smallest absolute Gasteiger partial charge is 0.229 e. The van der Waals surface area contributed by atoms with Gasteiger partial charge in [0.1, 0.15) is 5.69 Å². The maximum absolute atomic E-state index is 7.05. The maximum atomic E-state index is 7.05.